The van der Waals surface area contributed by atoms with Gasteiger partial charge in [-0.2, -0.15) is 9.61 Å². The van der Waals surface area contributed by atoms with E-state index in [4.69, 9.17) is 4.74 Å². The average Bonchev–Trinajstić information content (AvgIpc) is 3.41. The maximum absolute atomic E-state index is 12.5. The van der Waals surface area contributed by atoms with Gasteiger partial charge in [0.25, 0.3) is 5.56 Å². The number of hydrogen-bond acceptors (Lipinski definition) is 6. The second kappa shape index (κ2) is 6.99. The number of carbonyl (C=O) groups excluding carboxylic acids is 1. The average molecular weight is 369 g/mol. The van der Waals surface area contributed by atoms with Crippen LogP contribution in [0.15, 0.2) is 41.2 Å². The molecule has 0 aliphatic heterocycles. The van der Waals surface area contributed by atoms with E-state index in [2.05, 4.69) is 10.1 Å². The molecule has 1 aliphatic carbocycles. The zero-order chi connectivity index (χ0) is 18.1. The summed E-state index contributed by atoms with van der Waals surface area (Å²) in [4.78, 5) is 29.7. The van der Waals surface area contributed by atoms with Gasteiger partial charge in [0.1, 0.15) is 11.6 Å². The maximum atomic E-state index is 12.5. The molecule has 0 radical (unpaired) electrons. The highest BCUT2D eigenvalue weighted by Gasteiger charge is 2.28. The quantitative estimate of drug-likeness (QED) is 0.624. The lowest BCUT2D eigenvalue weighted by atomic mass is 9.97. The third-order valence-corrected chi connectivity index (χ3v) is 5.57. The molecule has 1 unspecified atom stereocenters. The Morgan fingerprint density at radius 1 is 1.35 bits per heavy atom. The highest BCUT2D eigenvalue weighted by molar-refractivity contribution is 7.16. The number of fused-ring (bicyclic) bond motifs is 1. The molecule has 6 nitrogen and oxygen atoms in total. The monoisotopic (exact) mass is 369 g/mol. The van der Waals surface area contributed by atoms with Gasteiger partial charge in [-0.05, 0) is 24.8 Å². The number of hydrogen-bond donors (Lipinski definition) is 0. The van der Waals surface area contributed by atoms with Crippen molar-refractivity contribution in [3.63, 3.8) is 0 Å². The third kappa shape index (κ3) is 3.39. The van der Waals surface area contributed by atoms with E-state index >= 15 is 0 Å². The molecule has 0 bridgehead atoms. The molecule has 1 saturated carbocycles. The van der Waals surface area contributed by atoms with Crippen molar-refractivity contribution in [2.45, 2.75) is 44.6 Å². The lowest BCUT2D eigenvalue weighted by Crippen LogP contribution is -2.18. The Morgan fingerprint density at radius 2 is 2.12 bits per heavy atom. The Labute approximate surface area is 154 Å². The molecule has 1 aliphatic rings. The van der Waals surface area contributed by atoms with Crippen LogP contribution in [0.2, 0.25) is 0 Å². The molecular formula is C19H19N3O3S. The van der Waals surface area contributed by atoms with Crippen LogP contribution in [0.5, 0.6) is 0 Å². The van der Waals surface area contributed by atoms with E-state index in [1.165, 1.54) is 21.9 Å². The Morgan fingerprint density at radius 3 is 2.81 bits per heavy atom. The standard InChI is InChI=1S/C19H19N3O3S/c1-2-15(12-6-4-3-5-7-12)18(24)25-11-14-10-16(23)22-19(20-14)26-17(21-22)13-8-9-13/h3-7,10,13,15H,2,8-9,11H2,1H3. The van der Waals surface area contributed by atoms with Gasteiger partial charge in [0, 0.05) is 12.0 Å². The van der Waals surface area contributed by atoms with Crippen molar-refractivity contribution in [1.82, 2.24) is 14.6 Å². The fourth-order valence-electron chi connectivity index (χ4n) is 2.91. The van der Waals surface area contributed by atoms with Crippen molar-refractivity contribution >= 4 is 22.3 Å². The second-order valence-electron chi connectivity index (χ2n) is 6.47. The summed E-state index contributed by atoms with van der Waals surface area (Å²) in [6.45, 7) is 1.94. The Bertz CT molecular complexity index is 992. The molecule has 3 aromatic rings. The van der Waals surface area contributed by atoms with Crippen LogP contribution in [0.4, 0.5) is 0 Å². The number of rotatable bonds is 6. The highest BCUT2D eigenvalue weighted by atomic mass is 32.1. The van der Waals surface area contributed by atoms with Crippen molar-refractivity contribution in [1.29, 1.82) is 0 Å². The summed E-state index contributed by atoms with van der Waals surface area (Å²) in [5.74, 6) is -0.145. The summed E-state index contributed by atoms with van der Waals surface area (Å²) >= 11 is 1.44. The van der Waals surface area contributed by atoms with E-state index in [-0.39, 0.29) is 24.1 Å². The van der Waals surface area contributed by atoms with Crippen molar-refractivity contribution in [2.24, 2.45) is 0 Å². The van der Waals surface area contributed by atoms with Crippen LogP contribution >= 0.6 is 11.3 Å². The van der Waals surface area contributed by atoms with Crippen molar-refractivity contribution in [2.75, 3.05) is 0 Å². The molecule has 0 amide bonds. The van der Waals surface area contributed by atoms with Gasteiger partial charge in [-0.25, -0.2) is 4.98 Å². The normalized spacial score (nSPS) is 15.1. The number of carbonyl (C=O) groups is 1. The first-order chi connectivity index (χ1) is 12.7. The predicted molar refractivity (Wildman–Crippen MR) is 98.4 cm³/mol. The van der Waals surface area contributed by atoms with Crippen LogP contribution in [0.3, 0.4) is 0 Å². The Kier molecular flexibility index (Phi) is 4.55. The van der Waals surface area contributed by atoms with Gasteiger partial charge in [-0.3, -0.25) is 9.59 Å². The topological polar surface area (TPSA) is 73.6 Å². The zero-order valence-corrected chi connectivity index (χ0v) is 15.2. The van der Waals surface area contributed by atoms with Crippen LogP contribution in [-0.2, 0) is 16.1 Å². The molecule has 7 heteroatoms. The fourth-order valence-corrected chi connectivity index (χ4v) is 4.00. The molecule has 26 heavy (non-hydrogen) atoms. The Hall–Kier alpha value is -2.54. The molecule has 0 saturated heterocycles. The molecule has 4 rings (SSSR count). The summed E-state index contributed by atoms with van der Waals surface area (Å²) in [5.41, 5.74) is 1.15. The molecular weight excluding hydrogens is 350 g/mol. The van der Waals surface area contributed by atoms with Crippen LogP contribution in [0, 0.1) is 0 Å². The van der Waals surface area contributed by atoms with Gasteiger partial charge in [-0.1, -0.05) is 48.6 Å². The van der Waals surface area contributed by atoms with Crippen LogP contribution in [0.25, 0.3) is 4.96 Å². The third-order valence-electron chi connectivity index (χ3n) is 4.50. The van der Waals surface area contributed by atoms with E-state index in [0.29, 0.717) is 23.0 Å². The van der Waals surface area contributed by atoms with E-state index in [9.17, 15) is 9.59 Å². The maximum Gasteiger partial charge on any atom is 0.313 e. The molecule has 134 valence electrons. The second-order valence-corrected chi connectivity index (χ2v) is 7.46. The summed E-state index contributed by atoms with van der Waals surface area (Å²) in [6, 6.07) is 11.0. The van der Waals surface area contributed by atoms with Gasteiger partial charge in [0.05, 0.1) is 11.6 Å². The first-order valence-electron chi connectivity index (χ1n) is 8.77. The number of ether oxygens (including phenoxy) is 1. The largest absolute Gasteiger partial charge is 0.459 e. The summed E-state index contributed by atoms with van der Waals surface area (Å²) in [5, 5.41) is 5.30. The van der Waals surface area contributed by atoms with Crippen LogP contribution < -0.4 is 5.56 Å². The summed E-state index contributed by atoms with van der Waals surface area (Å²) < 4.78 is 6.78. The van der Waals surface area contributed by atoms with Crippen LogP contribution in [0.1, 0.15) is 54.3 Å². The van der Waals surface area contributed by atoms with Crippen molar-refractivity contribution in [3.05, 3.63) is 63.0 Å². The smallest absolute Gasteiger partial charge is 0.313 e. The highest BCUT2D eigenvalue weighted by Crippen LogP contribution is 2.41. The lowest BCUT2D eigenvalue weighted by molar-refractivity contribution is -0.147. The van der Waals surface area contributed by atoms with E-state index in [1.54, 1.807) is 0 Å². The number of aromatic nitrogens is 3. The lowest BCUT2D eigenvalue weighted by Gasteiger charge is -2.14. The number of benzene rings is 1. The fraction of sp³-hybridized carbons (Fsp3) is 0.368. The van der Waals surface area contributed by atoms with E-state index in [0.717, 1.165) is 23.4 Å². The van der Waals surface area contributed by atoms with Crippen LogP contribution in [-0.4, -0.2) is 20.6 Å². The minimum Gasteiger partial charge on any atom is -0.459 e. The van der Waals surface area contributed by atoms with E-state index in [1.807, 2.05) is 37.3 Å². The Balaban J connectivity index is 1.50. The predicted octanol–water partition coefficient (Wildman–Crippen LogP) is 3.27. The molecule has 2 heterocycles. The molecule has 1 fully saturated rings. The number of nitrogens with zero attached hydrogens (tertiary/aromatic N) is 3. The van der Waals surface area contributed by atoms with Gasteiger partial charge >= 0.3 is 5.97 Å². The SMILES string of the molecule is CCC(C(=O)OCc1cc(=O)n2nc(C3CC3)sc2n1)c1ccccc1. The van der Waals surface area contributed by atoms with Gasteiger partial charge in [0.2, 0.25) is 4.96 Å². The van der Waals surface area contributed by atoms with Crippen molar-refractivity contribution in [3.8, 4) is 0 Å². The van der Waals surface area contributed by atoms with E-state index < -0.39 is 0 Å². The first kappa shape index (κ1) is 16.9. The molecule has 0 spiro atoms. The van der Waals surface area contributed by atoms with Gasteiger partial charge in [0.15, 0.2) is 0 Å². The molecule has 1 aromatic carbocycles. The molecule has 0 N–H and O–H groups in total. The summed E-state index contributed by atoms with van der Waals surface area (Å²) in [7, 11) is 0. The van der Waals surface area contributed by atoms with Crippen molar-refractivity contribution < 1.29 is 9.53 Å². The number of esters is 1. The first-order valence-corrected chi connectivity index (χ1v) is 9.58. The minimum absolute atomic E-state index is 0.00936. The minimum atomic E-state index is -0.314. The molecule has 1 atom stereocenters. The van der Waals surface area contributed by atoms with Gasteiger partial charge in [-0.15, -0.1) is 0 Å². The molecule has 2 aromatic heterocycles. The summed E-state index contributed by atoms with van der Waals surface area (Å²) in [6.07, 6.45) is 2.89. The van der Waals surface area contributed by atoms with Gasteiger partial charge < -0.3 is 4.74 Å². The zero-order valence-electron chi connectivity index (χ0n) is 14.4.